The minimum atomic E-state index is -4.47. The Morgan fingerprint density at radius 3 is 2.11 bits per heavy atom. The molecule has 6 heteroatoms. The van der Waals surface area contributed by atoms with Crippen molar-refractivity contribution in [3.63, 3.8) is 0 Å². The first kappa shape index (κ1) is 18.3. The molecule has 0 saturated heterocycles. The first-order chi connectivity index (χ1) is 13.3. The Kier molecular flexibility index (Phi) is 4.29. The number of hydrogen-bond acceptors (Lipinski definition) is 1. The standard InChI is InChI=1S/C22H19F3N2O/c1-14-11-18(21(28)26-12-16-7-3-4-8-17(16)13-26)15(2)27(14)20-10-6-5-9-19(20)22(23,24)25/h3-11H,12-13H2,1-2H3. The number of aryl methyl sites for hydroxylation is 1. The number of amides is 1. The number of nitrogens with zero attached hydrogens (tertiary/aromatic N) is 2. The highest BCUT2D eigenvalue weighted by Crippen LogP contribution is 2.36. The molecule has 1 amide bonds. The summed E-state index contributed by atoms with van der Waals surface area (Å²) in [6.07, 6.45) is -4.47. The van der Waals surface area contributed by atoms with Crippen LogP contribution in [-0.4, -0.2) is 15.4 Å². The van der Waals surface area contributed by atoms with Crippen molar-refractivity contribution in [2.75, 3.05) is 0 Å². The van der Waals surface area contributed by atoms with E-state index in [1.807, 2.05) is 24.3 Å². The molecular formula is C22H19F3N2O. The zero-order chi connectivity index (χ0) is 20.1. The number of rotatable bonds is 2. The predicted octanol–water partition coefficient (Wildman–Crippen LogP) is 5.27. The first-order valence-corrected chi connectivity index (χ1v) is 8.99. The lowest BCUT2D eigenvalue weighted by Gasteiger charge is -2.18. The molecule has 0 N–H and O–H groups in total. The van der Waals surface area contributed by atoms with Gasteiger partial charge in [0.25, 0.3) is 5.91 Å². The third-order valence-electron chi connectivity index (χ3n) is 5.24. The van der Waals surface area contributed by atoms with Gasteiger partial charge in [-0.2, -0.15) is 13.2 Å². The van der Waals surface area contributed by atoms with Gasteiger partial charge in [0.1, 0.15) is 0 Å². The summed E-state index contributed by atoms with van der Waals surface area (Å²) in [5.74, 6) is -0.167. The Labute approximate surface area is 161 Å². The third-order valence-corrected chi connectivity index (χ3v) is 5.24. The fourth-order valence-corrected chi connectivity index (χ4v) is 3.91. The molecule has 0 saturated carbocycles. The summed E-state index contributed by atoms with van der Waals surface area (Å²) < 4.78 is 41.9. The maximum atomic E-state index is 13.5. The zero-order valence-corrected chi connectivity index (χ0v) is 15.5. The van der Waals surface area contributed by atoms with Gasteiger partial charge in [-0.1, -0.05) is 36.4 Å². The van der Waals surface area contributed by atoms with E-state index < -0.39 is 11.7 Å². The first-order valence-electron chi connectivity index (χ1n) is 8.99. The number of para-hydroxylation sites is 1. The Bertz CT molecular complexity index is 1040. The lowest BCUT2D eigenvalue weighted by atomic mass is 10.1. The fourth-order valence-electron chi connectivity index (χ4n) is 3.91. The topological polar surface area (TPSA) is 25.2 Å². The van der Waals surface area contributed by atoms with E-state index in [1.165, 1.54) is 16.7 Å². The van der Waals surface area contributed by atoms with Crippen LogP contribution in [0.1, 0.15) is 38.4 Å². The number of fused-ring (bicyclic) bond motifs is 1. The zero-order valence-electron chi connectivity index (χ0n) is 15.5. The number of hydrogen-bond donors (Lipinski definition) is 0. The van der Waals surface area contributed by atoms with Crippen molar-refractivity contribution in [1.82, 2.24) is 9.47 Å². The van der Waals surface area contributed by atoms with Crippen LogP contribution in [0.25, 0.3) is 5.69 Å². The van der Waals surface area contributed by atoms with Crippen LogP contribution in [0.2, 0.25) is 0 Å². The molecule has 0 aliphatic carbocycles. The highest BCUT2D eigenvalue weighted by Gasteiger charge is 2.35. The molecule has 0 radical (unpaired) electrons. The minimum Gasteiger partial charge on any atom is -0.330 e. The summed E-state index contributed by atoms with van der Waals surface area (Å²) in [6, 6.07) is 15.0. The van der Waals surface area contributed by atoms with Crippen molar-refractivity contribution < 1.29 is 18.0 Å². The van der Waals surface area contributed by atoms with E-state index in [0.29, 0.717) is 30.0 Å². The molecule has 1 aliphatic heterocycles. The van der Waals surface area contributed by atoms with Crippen LogP contribution in [0.15, 0.2) is 54.6 Å². The molecule has 4 rings (SSSR count). The molecule has 0 atom stereocenters. The smallest absolute Gasteiger partial charge is 0.330 e. The van der Waals surface area contributed by atoms with E-state index in [4.69, 9.17) is 0 Å². The average Bonchev–Trinajstić information content (AvgIpc) is 3.21. The molecule has 0 spiro atoms. The minimum absolute atomic E-state index is 0.0359. The van der Waals surface area contributed by atoms with Crippen LogP contribution in [0.3, 0.4) is 0 Å². The van der Waals surface area contributed by atoms with E-state index in [1.54, 1.807) is 30.9 Å². The SMILES string of the molecule is Cc1cc(C(=O)N2Cc3ccccc3C2)c(C)n1-c1ccccc1C(F)(F)F. The van der Waals surface area contributed by atoms with Gasteiger partial charge in [-0.15, -0.1) is 0 Å². The summed E-state index contributed by atoms with van der Waals surface area (Å²) >= 11 is 0. The Morgan fingerprint density at radius 1 is 0.929 bits per heavy atom. The second-order valence-electron chi connectivity index (χ2n) is 7.07. The van der Waals surface area contributed by atoms with E-state index in [9.17, 15) is 18.0 Å². The van der Waals surface area contributed by atoms with Crippen LogP contribution in [0.5, 0.6) is 0 Å². The van der Waals surface area contributed by atoms with Crippen molar-refractivity contribution in [3.05, 3.63) is 88.2 Å². The van der Waals surface area contributed by atoms with Gasteiger partial charge in [-0.05, 0) is 43.2 Å². The summed E-state index contributed by atoms with van der Waals surface area (Å²) in [5.41, 5.74) is 3.06. The highest BCUT2D eigenvalue weighted by molar-refractivity contribution is 5.96. The number of alkyl halides is 3. The molecule has 3 nitrogen and oxygen atoms in total. The quantitative estimate of drug-likeness (QED) is 0.591. The Morgan fingerprint density at radius 2 is 1.50 bits per heavy atom. The monoisotopic (exact) mass is 384 g/mol. The number of halogens is 3. The summed E-state index contributed by atoms with van der Waals surface area (Å²) in [5, 5.41) is 0. The van der Waals surface area contributed by atoms with Gasteiger partial charge in [0, 0.05) is 24.5 Å². The van der Waals surface area contributed by atoms with Crippen molar-refractivity contribution in [2.24, 2.45) is 0 Å². The molecule has 0 fully saturated rings. The van der Waals surface area contributed by atoms with Gasteiger partial charge in [-0.3, -0.25) is 4.79 Å². The summed E-state index contributed by atoms with van der Waals surface area (Å²) in [7, 11) is 0. The normalized spacial score (nSPS) is 13.7. The van der Waals surface area contributed by atoms with Gasteiger partial charge in [0.15, 0.2) is 0 Å². The van der Waals surface area contributed by atoms with E-state index in [2.05, 4.69) is 0 Å². The molecule has 1 aromatic heterocycles. The molecule has 144 valence electrons. The number of carbonyl (C=O) groups excluding carboxylic acids is 1. The highest BCUT2D eigenvalue weighted by atomic mass is 19.4. The lowest BCUT2D eigenvalue weighted by molar-refractivity contribution is -0.137. The molecule has 3 aromatic rings. The Balaban J connectivity index is 1.73. The molecule has 28 heavy (non-hydrogen) atoms. The van der Waals surface area contributed by atoms with E-state index in [-0.39, 0.29) is 11.6 Å². The van der Waals surface area contributed by atoms with E-state index in [0.717, 1.165) is 17.2 Å². The van der Waals surface area contributed by atoms with Crippen LogP contribution in [-0.2, 0) is 19.3 Å². The van der Waals surface area contributed by atoms with Gasteiger partial charge in [0.2, 0.25) is 0 Å². The molecule has 0 unspecified atom stereocenters. The van der Waals surface area contributed by atoms with Gasteiger partial charge >= 0.3 is 6.18 Å². The molecule has 0 bridgehead atoms. The third kappa shape index (κ3) is 2.99. The van der Waals surface area contributed by atoms with Crippen molar-refractivity contribution >= 4 is 5.91 Å². The van der Waals surface area contributed by atoms with Gasteiger partial charge in [-0.25, -0.2) is 0 Å². The molecular weight excluding hydrogens is 365 g/mol. The van der Waals surface area contributed by atoms with Crippen LogP contribution < -0.4 is 0 Å². The Hall–Kier alpha value is -3.02. The van der Waals surface area contributed by atoms with Gasteiger partial charge < -0.3 is 9.47 Å². The van der Waals surface area contributed by atoms with Gasteiger partial charge in [0.05, 0.1) is 16.8 Å². The molecule has 2 heterocycles. The predicted molar refractivity (Wildman–Crippen MR) is 100 cm³/mol. The maximum Gasteiger partial charge on any atom is 0.418 e. The largest absolute Gasteiger partial charge is 0.418 e. The van der Waals surface area contributed by atoms with Crippen molar-refractivity contribution in [3.8, 4) is 5.69 Å². The molecule has 1 aliphatic rings. The number of aromatic nitrogens is 1. The lowest BCUT2D eigenvalue weighted by Crippen LogP contribution is -2.25. The van der Waals surface area contributed by atoms with Crippen molar-refractivity contribution in [1.29, 1.82) is 0 Å². The molecule has 2 aromatic carbocycles. The second-order valence-corrected chi connectivity index (χ2v) is 7.07. The van der Waals surface area contributed by atoms with Crippen molar-refractivity contribution in [2.45, 2.75) is 33.1 Å². The second kappa shape index (κ2) is 6.55. The fraction of sp³-hybridized carbons (Fsp3) is 0.227. The summed E-state index contributed by atoms with van der Waals surface area (Å²) in [6.45, 7) is 4.43. The summed E-state index contributed by atoms with van der Waals surface area (Å²) in [4.78, 5) is 14.8. The maximum absolute atomic E-state index is 13.5. The van der Waals surface area contributed by atoms with Crippen LogP contribution in [0, 0.1) is 13.8 Å². The average molecular weight is 384 g/mol. The van der Waals surface area contributed by atoms with Crippen LogP contribution in [0.4, 0.5) is 13.2 Å². The number of benzene rings is 2. The van der Waals surface area contributed by atoms with Crippen LogP contribution >= 0.6 is 0 Å². The number of carbonyl (C=O) groups is 1. The van der Waals surface area contributed by atoms with E-state index >= 15 is 0 Å².